The summed E-state index contributed by atoms with van der Waals surface area (Å²) in [5.74, 6) is -2.60. The summed E-state index contributed by atoms with van der Waals surface area (Å²) in [6.07, 6.45) is 4.89. The number of hydrogen-bond donors (Lipinski definition) is 7. The van der Waals surface area contributed by atoms with E-state index in [1.165, 1.54) is 24.7 Å². The van der Waals surface area contributed by atoms with Crippen molar-refractivity contribution >= 4 is 23.7 Å². The third-order valence-corrected chi connectivity index (χ3v) is 6.32. The van der Waals surface area contributed by atoms with Crippen LogP contribution in [0.1, 0.15) is 44.4 Å². The van der Waals surface area contributed by atoms with Crippen molar-refractivity contribution in [1.29, 1.82) is 0 Å². The minimum Gasteiger partial charge on any atom is -0.508 e. The Hall–Kier alpha value is -3.93. The summed E-state index contributed by atoms with van der Waals surface area (Å²) in [7, 11) is 0. The third-order valence-electron chi connectivity index (χ3n) is 6.32. The number of carboxylic acid groups (broad SMARTS) is 1. The van der Waals surface area contributed by atoms with Crippen molar-refractivity contribution in [3.8, 4) is 5.75 Å². The number of nitrogens with one attached hydrogen (secondary N) is 5. The van der Waals surface area contributed by atoms with Gasteiger partial charge in [-0.05, 0) is 49.4 Å². The molecule has 2 heterocycles. The number of aromatic amines is 1. The Morgan fingerprint density at radius 3 is 2.26 bits per heavy atom. The van der Waals surface area contributed by atoms with Gasteiger partial charge in [-0.3, -0.25) is 14.4 Å². The van der Waals surface area contributed by atoms with E-state index in [0.717, 1.165) is 13.0 Å². The fourth-order valence-corrected chi connectivity index (χ4v) is 4.32. The smallest absolute Gasteiger partial charge is 0.326 e. The van der Waals surface area contributed by atoms with Gasteiger partial charge in [-0.25, -0.2) is 9.78 Å². The van der Waals surface area contributed by atoms with E-state index < -0.39 is 35.9 Å². The molecule has 0 bridgehead atoms. The van der Waals surface area contributed by atoms with E-state index in [2.05, 4.69) is 31.2 Å². The highest BCUT2D eigenvalue weighted by Crippen LogP contribution is 2.13. The van der Waals surface area contributed by atoms with Crippen LogP contribution in [0.25, 0.3) is 0 Å². The number of phenols is 1. The van der Waals surface area contributed by atoms with Gasteiger partial charge < -0.3 is 36.5 Å². The number of nitrogens with zero attached hydrogens (tertiary/aromatic N) is 1. The maximum Gasteiger partial charge on any atom is 0.326 e. The van der Waals surface area contributed by atoms with Gasteiger partial charge in [-0.1, -0.05) is 26.0 Å². The molecule has 1 fully saturated rings. The van der Waals surface area contributed by atoms with Gasteiger partial charge in [-0.2, -0.15) is 0 Å². The zero-order chi connectivity index (χ0) is 27.7. The molecule has 0 saturated carbocycles. The molecular weight excluding hydrogens is 492 g/mol. The second-order valence-electron chi connectivity index (χ2n) is 9.95. The first-order chi connectivity index (χ1) is 18.1. The Labute approximate surface area is 221 Å². The first kappa shape index (κ1) is 28.6. The van der Waals surface area contributed by atoms with Crippen molar-refractivity contribution in [2.75, 3.05) is 6.54 Å². The quantitative estimate of drug-likeness (QED) is 0.193. The van der Waals surface area contributed by atoms with Gasteiger partial charge in [0, 0.05) is 24.7 Å². The highest BCUT2D eigenvalue weighted by Gasteiger charge is 2.32. The number of aromatic hydroxyl groups is 1. The first-order valence-electron chi connectivity index (χ1n) is 12.7. The fourth-order valence-electron chi connectivity index (χ4n) is 4.32. The van der Waals surface area contributed by atoms with Gasteiger partial charge in [-0.15, -0.1) is 0 Å². The number of imidazole rings is 1. The van der Waals surface area contributed by atoms with Crippen molar-refractivity contribution in [1.82, 2.24) is 31.2 Å². The molecule has 0 spiro atoms. The Balaban J connectivity index is 1.74. The number of aromatic nitrogens is 2. The molecule has 1 aromatic carbocycles. The summed E-state index contributed by atoms with van der Waals surface area (Å²) >= 11 is 0. The summed E-state index contributed by atoms with van der Waals surface area (Å²) in [4.78, 5) is 58.1. The van der Waals surface area contributed by atoms with Gasteiger partial charge in [0.25, 0.3) is 0 Å². The summed E-state index contributed by atoms with van der Waals surface area (Å²) in [5.41, 5.74) is 1.17. The predicted molar refractivity (Wildman–Crippen MR) is 138 cm³/mol. The maximum atomic E-state index is 13.3. The van der Waals surface area contributed by atoms with Crippen LogP contribution in [0.4, 0.5) is 0 Å². The normalized spacial score (nSPS) is 17.4. The molecule has 3 rings (SSSR count). The number of amides is 3. The minimum absolute atomic E-state index is 0.0213. The van der Waals surface area contributed by atoms with Crippen LogP contribution in [0, 0.1) is 5.92 Å². The highest BCUT2D eigenvalue weighted by atomic mass is 16.4. The number of carbonyl (C=O) groups excluding carboxylic acids is 3. The van der Waals surface area contributed by atoms with Gasteiger partial charge in [0.05, 0.1) is 12.4 Å². The van der Waals surface area contributed by atoms with Crippen molar-refractivity contribution in [2.45, 2.75) is 70.1 Å². The average Bonchev–Trinajstić information content (AvgIpc) is 3.58. The molecule has 1 aliphatic rings. The zero-order valence-corrected chi connectivity index (χ0v) is 21.6. The Morgan fingerprint density at radius 1 is 1.00 bits per heavy atom. The second-order valence-corrected chi connectivity index (χ2v) is 9.95. The topological polar surface area (TPSA) is 186 Å². The van der Waals surface area contributed by atoms with E-state index in [9.17, 15) is 29.4 Å². The number of hydrogen-bond acceptors (Lipinski definition) is 7. The van der Waals surface area contributed by atoms with Crippen LogP contribution in [0.3, 0.4) is 0 Å². The van der Waals surface area contributed by atoms with E-state index in [4.69, 9.17) is 0 Å². The van der Waals surface area contributed by atoms with Crippen molar-refractivity contribution in [3.63, 3.8) is 0 Å². The fraction of sp³-hybridized carbons (Fsp3) is 0.500. The Bertz CT molecular complexity index is 1080. The zero-order valence-electron chi connectivity index (χ0n) is 21.6. The van der Waals surface area contributed by atoms with E-state index in [1.54, 1.807) is 12.1 Å². The Morgan fingerprint density at radius 2 is 1.68 bits per heavy atom. The summed E-state index contributed by atoms with van der Waals surface area (Å²) < 4.78 is 0. The molecule has 38 heavy (non-hydrogen) atoms. The van der Waals surface area contributed by atoms with Gasteiger partial charge in [0.15, 0.2) is 0 Å². The number of benzene rings is 1. The molecule has 1 saturated heterocycles. The molecule has 206 valence electrons. The lowest BCUT2D eigenvalue weighted by atomic mass is 10.0. The number of rotatable bonds is 13. The molecule has 4 unspecified atom stereocenters. The number of carboxylic acids is 1. The second kappa shape index (κ2) is 13.6. The molecule has 0 radical (unpaired) electrons. The first-order valence-corrected chi connectivity index (χ1v) is 12.7. The van der Waals surface area contributed by atoms with Crippen molar-refractivity contribution < 1.29 is 29.4 Å². The van der Waals surface area contributed by atoms with Crippen LogP contribution in [0.5, 0.6) is 5.75 Å². The molecule has 2 aromatic rings. The lowest BCUT2D eigenvalue weighted by Gasteiger charge is -2.26. The lowest BCUT2D eigenvalue weighted by Crippen LogP contribution is -2.58. The largest absolute Gasteiger partial charge is 0.508 e. The number of H-pyrrole nitrogens is 1. The number of carbonyl (C=O) groups is 4. The predicted octanol–water partition coefficient (Wildman–Crippen LogP) is 0.238. The van der Waals surface area contributed by atoms with Gasteiger partial charge in [0.1, 0.15) is 23.9 Å². The molecule has 0 aliphatic carbocycles. The standard InChI is InChI=1S/C26H36N6O6/c1-15(2)10-20(30-23(34)19-4-3-9-28-19)24(35)31-21(12-17-13-27-14-29-17)25(36)32-22(26(37)38)11-16-5-7-18(33)8-6-16/h5-8,13-15,19-22,28,33H,3-4,9-12H2,1-2H3,(H,27,29)(H,30,34)(H,31,35)(H,32,36)(H,37,38). The van der Waals surface area contributed by atoms with Crippen LogP contribution in [-0.2, 0) is 32.0 Å². The molecule has 4 atom stereocenters. The lowest BCUT2D eigenvalue weighted by molar-refractivity contribution is -0.142. The molecule has 12 heteroatoms. The molecule has 1 aromatic heterocycles. The molecule has 7 N–H and O–H groups in total. The summed E-state index contributed by atoms with van der Waals surface area (Å²) in [5, 5.41) is 30.4. The number of aliphatic carboxylic acids is 1. The van der Waals surface area contributed by atoms with E-state index in [1.807, 2.05) is 13.8 Å². The van der Waals surface area contributed by atoms with Crippen molar-refractivity contribution in [3.05, 3.63) is 48.0 Å². The van der Waals surface area contributed by atoms with Crippen LogP contribution in [-0.4, -0.2) is 74.6 Å². The van der Waals surface area contributed by atoms with E-state index in [0.29, 0.717) is 24.1 Å². The molecule has 12 nitrogen and oxygen atoms in total. The maximum absolute atomic E-state index is 13.3. The third kappa shape index (κ3) is 8.58. The van der Waals surface area contributed by atoms with Gasteiger partial charge in [0.2, 0.25) is 17.7 Å². The van der Waals surface area contributed by atoms with Crippen LogP contribution in [0.2, 0.25) is 0 Å². The average molecular weight is 529 g/mol. The molecule has 1 aliphatic heterocycles. The Kier molecular flexibility index (Phi) is 10.2. The van der Waals surface area contributed by atoms with E-state index in [-0.39, 0.29) is 36.5 Å². The van der Waals surface area contributed by atoms with Crippen molar-refractivity contribution in [2.24, 2.45) is 5.92 Å². The molecular formula is C26H36N6O6. The van der Waals surface area contributed by atoms with Crippen LogP contribution >= 0.6 is 0 Å². The molecule has 3 amide bonds. The minimum atomic E-state index is -1.27. The number of phenolic OH excluding ortho intramolecular Hbond substituents is 1. The van der Waals surface area contributed by atoms with Crippen LogP contribution in [0.15, 0.2) is 36.8 Å². The summed E-state index contributed by atoms with van der Waals surface area (Å²) in [6, 6.07) is 2.38. The van der Waals surface area contributed by atoms with E-state index >= 15 is 0 Å². The highest BCUT2D eigenvalue weighted by molar-refractivity contribution is 5.94. The monoisotopic (exact) mass is 528 g/mol. The van der Waals surface area contributed by atoms with Crippen LogP contribution < -0.4 is 21.3 Å². The van der Waals surface area contributed by atoms with Gasteiger partial charge >= 0.3 is 5.97 Å². The SMILES string of the molecule is CC(C)CC(NC(=O)C1CCCN1)C(=O)NC(Cc1cnc[nH]1)C(=O)NC(Cc1ccc(O)cc1)C(=O)O. The summed E-state index contributed by atoms with van der Waals surface area (Å²) in [6.45, 7) is 4.59.